The number of fused-ring (bicyclic) bond motifs is 1. The van der Waals surface area contributed by atoms with Crippen molar-refractivity contribution in [3.05, 3.63) is 23.4 Å². The van der Waals surface area contributed by atoms with Gasteiger partial charge in [-0.2, -0.15) is 0 Å². The third kappa shape index (κ3) is 5.80. The smallest absolute Gasteiger partial charge is 0.322 e. The molecule has 0 fully saturated rings. The van der Waals surface area contributed by atoms with Crippen molar-refractivity contribution in [3.8, 4) is 0 Å². The molecule has 1 aromatic heterocycles. The summed E-state index contributed by atoms with van der Waals surface area (Å²) in [5.74, 6) is 0.684. The third-order valence-corrected chi connectivity index (χ3v) is 3.98. The van der Waals surface area contributed by atoms with Gasteiger partial charge in [0.15, 0.2) is 0 Å². The van der Waals surface area contributed by atoms with Crippen LogP contribution in [0.3, 0.4) is 0 Å². The monoisotopic (exact) mass is 321 g/mol. The summed E-state index contributed by atoms with van der Waals surface area (Å²) in [7, 11) is 1.35. The summed E-state index contributed by atoms with van der Waals surface area (Å²) in [4.78, 5) is 15.8. The van der Waals surface area contributed by atoms with Crippen LogP contribution in [0.5, 0.6) is 0 Å². The summed E-state index contributed by atoms with van der Waals surface area (Å²) in [6.45, 7) is 2.32. The lowest BCUT2D eigenvalue weighted by Crippen LogP contribution is -2.31. The number of methoxy groups -OCH3 is 1. The Bertz CT molecular complexity index is 508. The van der Waals surface area contributed by atoms with E-state index < -0.39 is 6.04 Å². The SMILES string of the molecule is COC(=O)C(N)CCCOCCCc1ccc2c(n1)NCCC2. The number of hydrogen-bond acceptors (Lipinski definition) is 6. The maximum absolute atomic E-state index is 11.1. The number of nitrogens with one attached hydrogen (secondary N) is 1. The van der Waals surface area contributed by atoms with E-state index in [1.165, 1.54) is 19.1 Å². The quantitative estimate of drug-likeness (QED) is 0.531. The van der Waals surface area contributed by atoms with E-state index in [2.05, 4.69) is 27.2 Å². The molecule has 0 saturated carbocycles. The van der Waals surface area contributed by atoms with Crippen LogP contribution in [-0.4, -0.2) is 43.9 Å². The number of aryl methyl sites for hydroxylation is 2. The molecule has 1 aliphatic rings. The number of carbonyl (C=O) groups is 1. The van der Waals surface area contributed by atoms with Crippen molar-refractivity contribution in [2.75, 3.05) is 32.2 Å². The highest BCUT2D eigenvalue weighted by Crippen LogP contribution is 2.20. The summed E-state index contributed by atoms with van der Waals surface area (Å²) < 4.78 is 10.2. The zero-order valence-electron chi connectivity index (χ0n) is 13.8. The van der Waals surface area contributed by atoms with Gasteiger partial charge in [0.2, 0.25) is 0 Å². The van der Waals surface area contributed by atoms with Gasteiger partial charge in [-0.05, 0) is 50.2 Å². The lowest BCUT2D eigenvalue weighted by atomic mass is 10.1. The van der Waals surface area contributed by atoms with Crippen LogP contribution in [-0.2, 0) is 27.1 Å². The van der Waals surface area contributed by atoms with E-state index in [1.54, 1.807) is 0 Å². The summed E-state index contributed by atoms with van der Waals surface area (Å²) in [6.07, 6.45) is 5.50. The number of anilines is 1. The number of ether oxygens (including phenoxy) is 2. The van der Waals surface area contributed by atoms with Gasteiger partial charge < -0.3 is 20.5 Å². The van der Waals surface area contributed by atoms with Gasteiger partial charge in [-0.25, -0.2) is 4.98 Å². The van der Waals surface area contributed by atoms with Crippen LogP contribution < -0.4 is 11.1 Å². The second-order valence-electron chi connectivity index (χ2n) is 5.83. The molecule has 6 heteroatoms. The summed E-state index contributed by atoms with van der Waals surface area (Å²) in [6, 6.07) is 3.75. The van der Waals surface area contributed by atoms with E-state index in [0.29, 0.717) is 19.6 Å². The molecule has 23 heavy (non-hydrogen) atoms. The van der Waals surface area contributed by atoms with E-state index in [4.69, 9.17) is 10.5 Å². The molecule has 2 rings (SSSR count). The van der Waals surface area contributed by atoms with Crippen molar-refractivity contribution in [3.63, 3.8) is 0 Å². The zero-order chi connectivity index (χ0) is 16.5. The number of rotatable bonds is 9. The molecule has 0 bridgehead atoms. The van der Waals surface area contributed by atoms with Gasteiger partial charge in [0.25, 0.3) is 0 Å². The molecule has 0 saturated heterocycles. The van der Waals surface area contributed by atoms with E-state index in [-0.39, 0.29) is 5.97 Å². The molecule has 0 amide bonds. The Hall–Kier alpha value is -1.66. The van der Waals surface area contributed by atoms with Gasteiger partial charge in [0.05, 0.1) is 7.11 Å². The van der Waals surface area contributed by atoms with Crippen LogP contribution in [0.4, 0.5) is 5.82 Å². The fourth-order valence-electron chi connectivity index (χ4n) is 2.64. The van der Waals surface area contributed by atoms with Crippen molar-refractivity contribution < 1.29 is 14.3 Å². The number of pyridine rings is 1. The fourth-order valence-corrected chi connectivity index (χ4v) is 2.64. The first kappa shape index (κ1) is 17.7. The Kier molecular flexibility index (Phi) is 7.29. The lowest BCUT2D eigenvalue weighted by Gasteiger charge is -2.17. The first-order valence-corrected chi connectivity index (χ1v) is 8.34. The molecule has 128 valence electrons. The van der Waals surface area contributed by atoms with Gasteiger partial charge in [-0.15, -0.1) is 0 Å². The van der Waals surface area contributed by atoms with Gasteiger partial charge >= 0.3 is 5.97 Å². The largest absolute Gasteiger partial charge is 0.468 e. The number of nitrogens with two attached hydrogens (primary N) is 1. The lowest BCUT2D eigenvalue weighted by molar-refractivity contribution is -0.142. The second kappa shape index (κ2) is 9.47. The number of hydrogen-bond donors (Lipinski definition) is 2. The van der Waals surface area contributed by atoms with Crippen LogP contribution in [0.15, 0.2) is 12.1 Å². The van der Waals surface area contributed by atoms with Crippen LogP contribution in [0.1, 0.15) is 36.9 Å². The number of nitrogens with zero attached hydrogens (tertiary/aromatic N) is 1. The van der Waals surface area contributed by atoms with Gasteiger partial charge in [-0.1, -0.05) is 6.07 Å². The standard InChI is InChI=1S/C17H27N3O3/c1-22-17(21)15(18)7-4-12-23-11-3-6-14-9-8-13-5-2-10-19-16(13)20-14/h8-9,15H,2-7,10-12,18H2,1H3,(H,19,20). The van der Waals surface area contributed by atoms with Crippen LogP contribution in [0.2, 0.25) is 0 Å². The molecular formula is C17H27N3O3. The minimum Gasteiger partial charge on any atom is -0.468 e. The molecule has 1 aliphatic heterocycles. The first-order chi connectivity index (χ1) is 11.2. The number of aromatic nitrogens is 1. The molecule has 0 aromatic carbocycles. The predicted octanol–water partition coefficient (Wildman–Crippen LogP) is 1.67. The molecule has 0 spiro atoms. The Morgan fingerprint density at radius 2 is 2.22 bits per heavy atom. The predicted molar refractivity (Wildman–Crippen MR) is 89.4 cm³/mol. The summed E-state index contributed by atoms with van der Waals surface area (Å²) in [5.41, 5.74) is 8.08. The first-order valence-electron chi connectivity index (χ1n) is 8.34. The molecular weight excluding hydrogens is 294 g/mol. The molecule has 1 unspecified atom stereocenters. The van der Waals surface area contributed by atoms with Crippen LogP contribution in [0, 0.1) is 0 Å². The molecule has 2 heterocycles. The normalized spacial score (nSPS) is 14.7. The molecule has 6 nitrogen and oxygen atoms in total. The fraction of sp³-hybridized carbons (Fsp3) is 0.647. The molecule has 0 aliphatic carbocycles. The Labute approximate surface area is 137 Å². The highest BCUT2D eigenvalue weighted by Gasteiger charge is 2.12. The van der Waals surface area contributed by atoms with Gasteiger partial charge in [0, 0.05) is 25.5 Å². The van der Waals surface area contributed by atoms with E-state index in [0.717, 1.165) is 43.7 Å². The second-order valence-corrected chi connectivity index (χ2v) is 5.83. The van der Waals surface area contributed by atoms with Crippen molar-refractivity contribution in [1.82, 2.24) is 4.98 Å². The topological polar surface area (TPSA) is 86.5 Å². The average molecular weight is 321 g/mol. The average Bonchev–Trinajstić information content (AvgIpc) is 2.59. The Morgan fingerprint density at radius 3 is 3.04 bits per heavy atom. The summed E-state index contributed by atoms with van der Waals surface area (Å²) in [5, 5.41) is 3.35. The molecule has 3 N–H and O–H groups in total. The van der Waals surface area contributed by atoms with Crippen LogP contribution >= 0.6 is 0 Å². The minimum absolute atomic E-state index is 0.364. The maximum atomic E-state index is 11.1. The van der Waals surface area contributed by atoms with Crippen molar-refractivity contribution >= 4 is 11.8 Å². The Morgan fingerprint density at radius 1 is 1.39 bits per heavy atom. The minimum atomic E-state index is -0.546. The molecule has 1 aromatic rings. The maximum Gasteiger partial charge on any atom is 0.322 e. The highest BCUT2D eigenvalue weighted by atomic mass is 16.5. The van der Waals surface area contributed by atoms with E-state index in [1.807, 2.05) is 0 Å². The summed E-state index contributed by atoms with van der Waals surface area (Å²) >= 11 is 0. The van der Waals surface area contributed by atoms with Gasteiger partial charge in [-0.3, -0.25) is 4.79 Å². The van der Waals surface area contributed by atoms with Crippen LogP contribution in [0.25, 0.3) is 0 Å². The van der Waals surface area contributed by atoms with E-state index in [9.17, 15) is 4.79 Å². The Balaban J connectivity index is 1.56. The highest BCUT2D eigenvalue weighted by molar-refractivity contribution is 5.75. The molecule has 1 atom stereocenters. The number of carbonyl (C=O) groups excluding carboxylic acids is 1. The molecule has 0 radical (unpaired) electrons. The van der Waals surface area contributed by atoms with E-state index >= 15 is 0 Å². The van der Waals surface area contributed by atoms with Gasteiger partial charge in [0.1, 0.15) is 11.9 Å². The van der Waals surface area contributed by atoms with Crippen molar-refractivity contribution in [2.24, 2.45) is 5.73 Å². The third-order valence-electron chi connectivity index (χ3n) is 3.98. The zero-order valence-corrected chi connectivity index (χ0v) is 13.8. The number of esters is 1. The van der Waals surface area contributed by atoms with Crippen molar-refractivity contribution in [1.29, 1.82) is 0 Å². The van der Waals surface area contributed by atoms with Crippen molar-refractivity contribution in [2.45, 2.75) is 44.6 Å².